The molecule has 2 aromatic rings. The van der Waals surface area contributed by atoms with Crippen LogP contribution < -0.4 is 21.3 Å². The van der Waals surface area contributed by atoms with Crippen LogP contribution >= 0.6 is 0 Å². The lowest BCUT2D eigenvalue weighted by molar-refractivity contribution is -0.129. The van der Waals surface area contributed by atoms with Crippen molar-refractivity contribution in [3.8, 4) is 11.1 Å². The van der Waals surface area contributed by atoms with Crippen molar-refractivity contribution in [1.29, 1.82) is 0 Å². The molecule has 0 aliphatic heterocycles. The maximum atomic E-state index is 12.3. The number of unbranched alkanes of at least 4 members (excludes halogenated alkanes) is 2. The van der Waals surface area contributed by atoms with Crippen LogP contribution in [0.3, 0.4) is 0 Å². The van der Waals surface area contributed by atoms with E-state index in [4.69, 9.17) is 9.47 Å². The molecule has 2 aromatic carbocycles. The van der Waals surface area contributed by atoms with E-state index in [1.807, 2.05) is 24.3 Å². The summed E-state index contributed by atoms with van der Waals surface area (Å²) in [4.78, 5) is 57.9. The fourth-order valence-corrected chi connectivity index (χ4v) is 6.39. The highest BCUT2D eigenvalue weighted by atomic mass is 16.5. The van der Waals surface area contributed by atoms with E-state index in [2.05, 4.69) is 78.0 Å². The molecule has 0 aromatic heterocycles. The first-order chi connectivity index (χ1) is 29.5. The monoisotopic (exact) mass is 871 g/mol. The molecular weight excluding hydrogens is 793 g/mol. The number of fused-ring (bicyclic) bond motifs is 3. The third-order valence-corrected chi connectivity index (χ3v) is 10.5. The van der Waals surface area contributed by atoms with Crippen molar-refractivity contribution in [2.24, 2.45) is 23.7 Å². The molecule has 6 N–H and O–H groups in total. The molecule has 0 saturated carbocycles. The van der Waals surface area contributed by atoms with Gasteiger partial charge < -0.3 is 45.7 Å². The summed E-state index contributed by atoms with van der Waals surface area (Å²) >= 11 is 0. The van der Waals surface area contributed by atoms with E-state index < -0.39 is 30.1 Å². The molecule has 1 aliphatic rings. The van der Waals surface area contributed by atoms with Crippen LogP contribution in [-0.4, -0.2) is 112 Å². The molecule has 62 heavy (non-hydrogen) atoms. The Balaban J connectivity index is 0.000000571. The first-order valence-corrected chi connectivity index (χ1v) is 22.3. The number of ether oxygens (including phenoxy) is 3. The summed E-state index contributed by atoms with van der Waals surface area (Å²) in [6.45, 7) is 16.0. The number of carbonyl (C=O) groups excluding carboxylic acids is 5. The van der Waals surface area contributed by atoms with Gasteiger partial charge in [0.15, 0.2) is 0 Å². The van der Waals surface area contributed by atoms with Crippen LogP contribution in [0.25, 0.3) is 11.1 Å². The Bertz CT molecular complexity index is 1560. The summed E-state index contributed by atoms with van der Waals surface area (Å²) in [7, 11) is 3.11. The highest BCUT2D eigenvalue weighted by Gasteiger charge is 2.29. The van der Waals surface area contributed by atoms with Crippen LogP contribution in [0.5, 0.6) is 0 Å². The van der Waals surface area contributed by atoms with Gasteiger partial charge in [0.25, 0.3) is 0 Å². The predicted octanol–water partition coefficient (Wildman–Crippen LogP) is 6.16. The van der Waals surface area contributed by atoms with Crippen LogP contribution in [0.4, 0.5) is 4.79 Å². The van der Waals surface area contributed by atoms with Crippen molar-refractivity contribution >= 4 is 29.6 Å². The van der Waals surface area contributed by atoms with Crippen molar-refractivity contribution in [2.45, 2.75) is 118 Å². The van der Waals surface area contributed by atoms with E-state index in [0.717, 1.165) is 49.7 Å². The molecule has 1 aliphatic carbocycles. The fraction of sp³-hybridized carbons (Fsp3) is 0.646. The second-order valence-corrected chi connectivity index (χ2v) is 16.8. The zero-order chi connectivity index (χ0) is 46.5. The zero-order valence-corrected chi connectivity index (χ0v) is 38.9. The normalized spacial score (nSPS) is 13.5. The molecule has 0 unspecified atom stereocenters. The molecule has 0 saturated heterocycles. The van der Waals surface area contributed by atoms with Crippen molar-refractivity contribution in [3.05, 3.63) is 59.7 Å². The number of rotatable bonds is 26. The minimum atomic E-state index is -0.985. The van der Waals surface area contributed by atoms with Gasteiger partial charge in [0.2, 0.25) is 17.7 Å². The first kappa shape index (κ1) is 55.6. The number of nitrogens with one attached hydrogen (secondary N) is 4. The molecule has 0 fully saturated rings. The number of alkyl carbamates (subject to hydrolysis) is 1. The number of aliphatic hydroxyl groups excluding tert-OH is 2. The van der Waals surface area contributed by atoms with E-state index in [-0.39, 0.29) is 55.5 Å². The van der Waals surface area contributed by atoms with Crippen LogP contribution in [0.15, 0.2) is 48.5 Å². The minimum absolute atomic E-state index is 0.0199. The van der Waals surface area contributed by atoms with Gasteiger partial charge in [0.05, 0.1) is 37.3 Å². The van der Waals surface area contributed by atoms with Crippen LogP contribution in [0.2, 0.25) is 0 Å². The standard InChI is InChI=1S/C27H36N2O4.C16H32N2O4.C5H10O2/c1-18(2)10-8-9-15-28-26(31)19(3)25(30)16-29-27(32)33-17-24-22-13-6-4-11-20(22)21-12-5-7-14-23(21)24;1-12(2)7-5-6-9-17-16(21)13(3)14(19)11-18-15(20)8-10-22-4;1-5(6)3-4-7-2/h4-7,11-14,18-19,24-25,30H,8-10,15-17H2,1-3H3,(H,28,31)(H,29,32);12-14,19H,5-11H2,1-4H3,(H,17,21)(H,18,20);3-4H2,1-2H3/t19-,25-;13-,14-;/m00./s1. The number of benzene rings is 2. The van der Waals surface area contributed by atoms with Crippen molar-refractivity contribution in [2.75, 3.05) is 60.2 Å². The van der Waals surface area contributed by atoms with Crippen molar-refractivity contribution < 1.29 is 48.4 Å². The van der Waals surface area contributed by atoms with Crippen LogP contribution in [0, 0.1) is 23.7 Å². The molecule has 14 heteroatoms. The van der Waals surface area contributed by atoms with E-state index >= 15 is 0 Å². The SMILES string of the molecule is CC(C)CCCCNC(=O)[C@@H](C)[C@@H](O)CNC(=O)OCC1c2ccccc2-c2ccccc21.COCCC(=O)NC[C@H](O)[C@H](C)C(=O)NCCCCC(C)C.COCCC(C)=O. The lowest BCUT2D eigenvalue weighted by Crippen LogP contribution is -2.42. The molecule has 0 radical (unpaired) electrons. The number of aliphatic hydroxyl groups is 2. The van der Waals surface area contributed by atoms with E-state index in [1.54, 1.807) is 27.9 Å². The predicted molar refractivity (Wildman–Crippen MR) is 243 cm³/mol. The van der Waals surface area contributed by atoms with E-state index in [9.17, 15) is 34.2 Å². The second-order valence-electron chi connectivity index (χ2n) is 16.8. The molecule has 14 nitrogen and oxygen atoms in total. The second kappa shape index (κ2) is 32.3. The molecule has 4 amide bonds. The Kier molecular flexibility index (Phi) is 29.0. The number of hydrogen-bond donors (Lipinski definition) is 6. The van der Waals surface area contributed by atoms with Gasteiger partial charge in [-0.15, -0.1) is 0 Å². The number of amides is 4. The number of methoxy groups -OCH3 is 2. The maximum Gasteiger partial charge on any atom is 0.407 e. The lowest BCUT2D eigenvalue weighted by atomic mass is 9.98. The molecular formula is C48H78N4O10. The maximum absolute atomic E-state index is 12.3. The van der Waals surface area contributed by atoms with Crippen molar-refractivity contribution in [3.63, 3.8) is 0 Å². The summed E-state index contributed by atoms with van der Waals surface area (Å²) in [5.41, 5.74) is 4.62. The van der Waals surface area contributed by atoms with E-state index in [1.165, 1.54) is 18.2 Å². The minimum Gasteiger partial charge on any atom is -0.449 e. The molecule has 350 valence electrons. The van der Waals surface area contributed by atoms with Gasteiger partial charge in [-0.05, 0) is 53.9 Å². The summed E-state index contributed by atoms with van der Waals surface area (Å²) in [6.07, 6.45) is 4.63. The highest BCUT2D eigenvalue weighted by Crippen LogP contribution is 2.44. The largest absolute Gasteiger partial charge is 0.449 e. The quantitative estimate of drug-likeness (QED) is 0.0596. The molecule has 0 spiro atoms. The molecule has 0 bridgehead atoms. The topological polar surface area (TPSA) is 202 Å². The number of Topliss-reactive ketones (excluding diaryl/α,β-unsaturated/α-hetero) is 1. The van der Waals surface area contributed by atoms with Gasteiger partial charge in [-0.1, -0.05) is 116 Å². The Hall–Kier alpha value is -4.37. The van der Waals surface area contributed by atoms with Gasteiger partial charge in [0.1, 0.15) is 12.4 Å². The highest BCUT2D eigenvalue weighted by molar-refractivity contribution is 5.80. The van der Waals surface area contributed by atoms with Crippen molar-refractivity contribution in [1.82, 2.24) is 21.3 Å². The average molecular weight is 871 g/mol. The van der Waals surface area contributed by atoms with Gasteiger partial charge in [0, 0.05) is 59.2 Å². The zero-order valence-electron chi connectivity index (χ0n) is 38.9. The number of hydrogen-bond acceptors (Lipinski definition) is 10. The third-order valence-electron chi connectivity index (χ3n) is 10.5. The fourth-order valence-electron chi connectivity index (χ4n) is 6.39. The van der Waals surface area contributed by atoms with Crippen LogP contribution in [0.1, 0.15) is 117 Å². The summed E-state index contributed by atoms with van der Waals surface area (Å²) < 4.78 is 14.9. The lowest BCUT2D eigenvalue weighted by Gasteiger charge is -2.19. The summed E-state index contributed by atoms with van der Waals surface area (Å²) in [5, 5.41) is 31.1. The Morgan fingerprint density at radius 2 is 1.05 bits per heavy atom. The average Bonchev–Trinajstić information content (AvgIpc) is 3.57. The molecule has 0 heterocycles. The first-order valence-electron chi connectivity index (χ1n) is 22.3. The molecule has 3 rings (SSSR count). The number of carbonyl (C=O) groups is 5. The molecule has 4 atom stereocenters. The smallest absolute Gasteiger partial charge is 0.407 e. The van der Waals surface area contributed by atoms with Gasteiger partial charge in [-0.3, -0.25) is 19.2 Å². The Morgan fingerprint density at radius 1 is 0.613 bits per heavy atom. The van der Waals surface area contributed by atoms with Gasteiger partial charge in [-0.2, -0.15) is 0 Å². The Morgan fingerprint density at radius 3 is 1.47 bits per heavy atom. The van der Waals surface area contributed by atoms with Crippen LogP contribution in [-0.2, 0) is 33.4 Å². The summed E-state index contributed by atoms with van der Waals surface area (Å²) in [5.74, 6) is -0.248. The van der Waals surface area contributed by atoms with Gasteiger partial charge >= 0.3 is 6.09 Å². The summed E-state index contributed by atoms with van der Waals surface area (Å²) in [6, 6.07) is 16.3. The van der Waals surface area contributed by atoms with Gasteiger partial charge in [-0.25, -0.2) is 4.79 Å². The third kappa shape index (κ3) is 23.2. The number of ketones is 1. The van der Waals surface area contributed by atoms with E-state index in [0.29, 0.717) is 44.6 Å². The Labute approximate surface area is 371 Å².